The van der Waals surface area contributed by atoms with Gasteiger partial charge < -0.3 is 40.3 Å². The van der Waals surface area contributed by atoms with E-state index < -0.39 is 49.5 Å². The van der Waals surface area contributed by atoms with E-state index in [2.05, 4.69) is 141 Å². The van der Waals surface area contributed by atoms with E-state index in [0.717, 1.165) is 128 Å². The smallest absolute Gasteiger partial charge is 0.220 e. The predicted octanol–water partition coefficient (Wildman–Crippen LogP) is 12.8. The van der Waals surface area contributed by atoms with Crippen LogP contribution < -0.4 is 5.32 Å². The minimum atomic E-state index is -1.56. The summed E-state index contributed by atoms with van der Waals surface area (Å²) in [5, 5.41) is 54.1. The third kappa shape index (κ3) is 36.6. The van der Waals surface area contributed by atoms with Crippen molar-refractivity contribution < 1.29 is 39.8 Å². The van der Waals surface area contributed by atoms with Crippen LogP contribution in [0.25, 0.3) is 0 Å². The second kappa shape index (κ2) is 47.3. The van der Waals surface area contributed by atoms with Crippen LogP contribution in [0.3, 0.4) is 0 Å². The Labute approximate surface area is 414 Å². The van der Waals surface area contributed by atoms with Crippen molar-refractivity contribution in [1.82, 2.24) is 5.32 Å². The van der Waals surface area contributed by atoms with E-state index in [1.807, 2.05) is 0 Å². The van der Waals surface area contributed by atoms with Gasteiger partial charge in [-0.15, -0.1) is 0 Å². The van der Waals surface area contributed by atoms with E-state index in [1.54, 1.807) is 0 Å². The molecule has 0 aromatic carbocycles. The number of unbranched alkanes of at least 4 members (excludes halogenated alkanes) is 13. The SMILES string of the molecule is CC/C=C\C/C=C\C/C=C\C/C=C\C/C=C\C/C=C\C/C=C\C/C=C\C/C=C\C/C=C\CCCCCCCCCCC(=O)NC(COC1OC(CO)C(O)C(O)C1O)C(O)CCCCCCCC. The molecule has 0 radical (unpaired) electrons. The third-order valence-electron chi connectivity index (χ3n) is 11.8. The number of allylic oxidation sites excluding steroid dienone is 20. The maximum Gasteiger partial charge on any atom is 0.220 e. The maximum absolute atomic E-state index is 12.9. The fourth-order valence-corrected chi connectivity index (χ4v) is 7.60. The molecule has 7 unspecified atom stereocenters. The fraction of sp³-hybridized carbons (Fsp3) is 0.644. The zero-order valence-corrected chi connectivity index (χ0v) is 42.6. The number of ether oxygens (including phenoxy) is 2. The van der Waals surface area contributed by atoms with Gasteiger partial charge in [0.05, 0.1) is 25.4 Å². The minimum absolute atomic E-state index is 0.150. The summed E-state index contributed by atoms with van der Waals surface area (Å²) in [6, 6.07) is -0.728. The molecule has 68 heavy (non-hydrogen) atoms. The molecule has 1 fully saturated rings. The summed E-state index contributed by atoms with van der Waals surface area (Å²) in [6.45, 7) is 3.62. The van der Waals surface area contributed by atoms with Gasteiger partial charge in [-0.1, -0.05) is 212 Å². The molecule has 1 saturated heterocycles. The second-order valence-corrected chi connectivity index (χ2v) is 17.9. The molecular formula is C59H97NO8. The van der Waals surface area contributed by atoms with Crippen molar-refractivity contribution in [3.8, 4) is 0 Å². The van der Waals surface area contributed by atoms with Gasteiger partial charge in [0.2, 0.25) is 5.91 Å². The molecule has 1 amide bonds. The van der Waals surface area contributed by atoms with Crippen LogP contribution in [0.1, 0.15) is 187 Å². The molecule has 1 heterocycles. The van der Waals surface area contributed by atoms with Crippen LogP contribution in [0.2, 0.25) is 0 Å². The molecule has 9 nitrogen and oxygen atoms in total. The first-order valence-corrected chi connectivity index (χ1v) is 26.7. The molecule has 6 N–H and O–H groups in total. The Morgan fingerprint density at radius 1 is 0.515 bits per heavy atom. The first-order valence-electron chi connectivity index (χ1n) is 26.7. The average molecular weight is 948 g/mol. The normalized spacial score (nSPS) is 20.6. The molecule has 9 heteroatoms. The van der Waals surface area contributed by atoms with E-state index in [0.29, 0.717) is 12.8 Å². The van der Waals surface area contributed by atoms with E-state index in [4.69, 9.17) is 9.47 Å². The summed E-state index contributed by atoms with van der Waals surface area (Å²) in [7, 11) is 0. The van der Waals surface area contributed by atoms with Crippen LogP contribution in [0, 0.1) is 0 Å². The van der Waals surface area contributed by atoms with E-state index >= 15 is 0 Å². The number of nitrogens with one attached hydrogen (secondary N) is 1. The Hall–Kier alpha value is -3.41. The molecule has 0 aromatic heterocycles. The zero-order valence-electron chi connectivity index (χ0n) is 42.6. The fourth-order valence-electron chi connectivity index (χ4n) is 7.60. The Kier molecular flexibility index (Phi) is 43.5. The first-order chi connectivity index (χ1) is 33.3. The van der Waals surface area contributed by atoms with E-state index in [1.165, 1.54) is 32.1 Å². The molecule has 0 aromatic rings. The van der Waals surface area contributed by atoms with Crippen LogP contribution in [0.5, 0.6) is 0 Å². The van der Waals surface area contributed by atoms with Gasteiger partial charge in [-0.05, 0) is 89.9 Å². The quantitative estimate of drug-likeness (QED) is 0.0261. The Morgan fingerprint density at radius 2 is 0.912 bits per heavy atom. The van der Waals surface area contributed by atoms with Crippen molar-refractivity contribution in [3.05, 3.63) is 122 Å². The molecule has 0 aliphatic carbocycles. The van der Waals surface area contributed by atoms with Gasteiger partial charge in [-0.25, -0.2) is 0 Å². The highest BCUT2D eigenvalue weighted by Gasteiger charge is 2.44. The Bertz CT molecular complexity index is 1470. The topological polar surface area (TPSA) is 149 Å². The molecular weight excluding hydrogens is 851 g/mol. The third-order valence-corrected chi connectivity index (χ3v) is 11.8. The number of hydrogen-bond donors (Lipinski definition) is 6. The van der Waals surface area contributed by atoms with Crippen molar-refractivity contribution in [1.29, 1.82) is 0 Å². The minimum Gasteiger partial charge on any atom is -0.394 e. The van der Waals surface area contributed by atoms with Crippen LogP contribution >= 0.6 is 0 Å². The van der Waals surface area contributed by atoms with Gasteiger partial charge in [0.1, 0.15) is 24.4 Å². The lowest BCUT2D eigenvalue weighted by molar-refractivity contribution is -0.302. The highest BCUT2D eigenvalue weighted by Crippen LogP contribution is 2.23. The lowest BCUT2D eigenvalue weighted by atomic mass is 9.99. The van der Waals surface area contributed by atoms with Crippen LogP contribution in [0.4, 0.5) is 0 Å². The van der Waals surface area contributed by atoms with Crippen molar-refractivity contribution in [2.45, 2.75) is 230 Å². The Morgan fingerprint density at radius 3 is 1.35 bits per heavy atom. The number of aliphatic hydroxyl groups is 5. The number of amides is 1. The lowest BCUT2D eigenvalue weighted by Crippen LogP contribution is -2.60. The lowest BCUT2D eigenvalue weighted by Gasteiger charge is -2.40. The first kappa shape index (κ1) is 62.6. The number of rotatable bonds is 43. The maximum atomic E-state index is 12.9. The van der Waals surface area contributed by atoms with Crippen molar-refractivity contribution in [2.24, 2.45) is 0 Å². The van der Waals surface area contributed by atoms with Crippen LogP contribution in [-0.4, -0.2) is 87.5 Å². The van der Waals surface area contributed by atoms with Crippen molar-refractivity contribution in [3.63, 3.8) is 0 Å². The molecule has 0 bridgehead atoms. The summed E-state index contributed by atoms with van der Waals surface area (Å²) >= 11 is 0. The number of aliphatic hydroxyl groups excluding tert-OH is 5. The van der Waals surface area contributed by atoms with E-state index in [-0.39, 0.29) is 12.5 Å². The molecule has 1 aliphatic rings. The second-order valence-electron chi connectivity index (χ2n) is 17.9. The Balaban J connectivity index is 2.09. The van der Waals surface area contributed by atoms with Gasteiger partial charge in [-0.2, -0.15) is 0 Å². The molecule has 0 saturated carbocycles. The predicted molar refractivity (Wildman–Crippen MR) is 285 cm³/mol. The zero-order chi connectivity index (χ0) is 49.4. The largest absolute Gasteiger partial charge is 0.394 e. The highest BCUT2D eigenvalue weighted by atomic mass is 16.7. The summed E-state index contributed by atoms with van der Waals surface area (Å²) in [4.78, 5) is 12.9. The number of carbonyl (C=O) groups excluding carboxylic acids is 1. The molecule has 0 spiro atoms. The summed E-state index contributed by atoms with van der Waals surface area (Å²) in [5.41, 5.74) is 0. The highest BCUT2D eigenvalue weighted by molar-refractivity contribution is 5.76. The summed E-state index contributed by atoms with van der Waals surface area (Å²) < 4.78 is 11.2. The van der Waals surface area contributed by atoms with Crippen molar-refractivity contribution in [2.75, 3.05) is 13.2 Å². The van der Waals surface area contributed by atoms with Crippen LogP contribution in [0.15, 0.2) is 122 Å². The van der Waals surface area contributed by atoms with Gasteiger partial charge >= 0.3 is 0 Å². The molecule has 1 rings (SSSR count). The van der Waals surface area contributed by atoms with Gasteiger partial charge in [0.25, 0.3) is 0 Å². The van der Waals surface area contributed by atoms with Gasteiger partial charge in [0, 0.05) is 6.42 Å². The van der Waals surface area contributed by atoms with Crippen LogP contribution in [-0.2, 0) is 14.3 Å². The molecule has 386 valence electrons. The molecule has 1 aliphatic heterocycles. The monoisotopic (exact) mass is 948 g/mol. The summed E-state index contributed by atoms with van der Waals surface area (Å²) in [6.07, 6.45) is 64.1. The van der Waals surface area contributed by atoms with Gasteiger partial charge in [0.15, 0.2) is 6.29 Å². The molecule has 7 atom stereocenters. The van der Waals surface area contributed by atoms with E-state index in [9.17, 15) is 30.3 Å². The van der Waals surface area contributed by atoms with Gasteiger partial charge in [-0.3, -0.25) is 4.79 Å². The van der Waals surface area contributed by atoms with Crippen molar-refractivity contribution >= 4 is 5.91 Å². The number of carbonyl (C=O) groups is 1. The standard InChI is InChI=1S/C59H97NO8/c1-3-5-7-9-11-12-13-14-15-16-17-18-19-20-21-22-23-24-25-26-27-28-29-30-31-32-33-34-35-36-37-38-39-40-41-42-43-45-47-49-55(63)60-52(53(62)48-46-44-10-8-6-4-2)51-67-59-58(66)57(65)56(64)54(50-61)68-59/h5,7,11-12,14-15,17-18,20-21,23-24,26-27,29-30,32-33,35-36,52-54,56-59,61-62,64-66H,3-4,6,8-10,13,16,19,22,25,28,31,34,37-51H2,1-2H3,(H,60,63)/b7-5-,12-11-,15-14-,18-17-,21-20-,24-23-,27-26-,30-29-,33-32-,36-35-. The average Bonchev–Trinajstić information content (AvgIpc) is 3.34. The number of hydrogen-bond acceptors (Lipinski definition) is 8. The summed E-state index contributed by atoms with van der Waals surface area (Å²) in [5.74, 6) is -0.165.